The lowest BCUT2D eigenvalue weighted by Crippen LogP contribution is -2.26. The zero-order valence-corrected chi connectivity index (χ0v) is 17.2. The van der Waals surface area contributed by atoms with Gasteiger partial charge in [-0.05, 0) is 43.5 Å². The molecule has 0 amide bonds. The van der Waals surface area contributed by atoms with Crippen molar-refractivity contribution in [2.24, 2.45) is 0 Å². The second kappa shape index (κ2) is 8.94. The summed E-state index contributed by atoms with van der Waals surface area (Å²) in [5.41, 5.74) is -2.91. The van der Waals surface area contributed by atoms with Crippen LogP contribution in [0.2, 0.25) is 0 Å². The van der Waals surface area contributed by atoms with Gasteiger partial charge in [0.25, 0.3) is 0 Å². The Morgan fingerprint density at radius 3 is 2.73 bits per heavy atom. The number of hydrogen-bond acceptors (Lipinski definition) is 7. The number of rotatable bonds is 7. The van der Waals surface area contributed by atoms with Gasteiger partial charge >= 0.3 is 15.6 Å². The van der Waals surface area contributed by atoms with E-state index in [4.69, 9.17) is 4.74 Å². The van der Waals surface area contributed by atoms with E-state index in [1.54, 1.807) is 31.5 Å². The molecular formula is C17H17F4N3O4S2. The molecule has 0 aliphatic heterocycles. The third-order valence-electron chi connectivity index (χ3n) is 4.37. The van der Waals surface area contributed by atoms with Crippen molar-refractivity contribution in [3.63, 3.8) is 0 Å². The lowest BCUT2D eigenvalue weighted by atomic mass is 10.0. The molecule has 3 rings (SSSR count). The highest BCUT2D eigenvalue weighted by molar-refractivity contribution is 7.92. The van der Waals surface area contributed by atoms with Crippen molar-refractivity contribution >= 4 is 22.5 Å². The van der Waals surface area contributed by atoms with Gasteiger partial charge in [0.2, 0.25) is 0 Å². The predicted octanol–water partition coefficient (Wildman–Crippen LogP) is 4.45. The highest BCUT2D eigenvalue weighted by atomic mass is 32.2. The van der Waals surface area contributed by atoms with Gasteiger partial charge in [0.05, 0.1) is 24.1 Å². The second-order valence-electron chi connectivity index (χ2n) is 6.49. The first kappa shape index (κ1) is 22.6. The molecule has 2 aromatic rings. The van der Waals surface area contributed by atoms with E-state index in [9.17, 15) is 25.5 Å². The zero-order valence-electron chi connectivity index (χ0n) is 15.6. The van der Waals surface area contributed by atoms with Crippen LogP contribution >= 0.6 is 12.3 Å². The number of nitrogens with zero attached hydrogens (tertiary/aromatic N) is 3. The summed E-state index contributed by atoms with van der Waals surface area (Å²) >= 11 is -0.0318. The molecule has 0 N–H and O–H groups in total. The zero-order chi connectivity index (χ0) is 21.9. The van der Waals surface area contributed by atoms with Gasteiger partial charge in [-0.2, -0.15) is 30.8 Å². The fraction of sp³-hybridized carbons (Fsp3) is 0.412. The Morgan fingerprint density at radius 2 is 2.13 bits per heavy atom. The number of aryl methyl sites for hydroxylation is 1. The number of aromatic nitrogens is 3. The molecule has 0 saturated carbocycles. The molecule has 30 heavy (non-hydrogen) atoms. The maximum absolute atomic E-state index is 12.8. The molecule has 0 radical (unpaired) electrons. The van der Waals surface area contributed by atoms with E-state index in [1.165, 1.54) is 6.08 Å². The van der Waals surface area contributed by atoms with E-state index in [0.29, 0.717) is 17.0 Å². The first-order valence-electron chi connectivity index (χ1n) is 8.71. The van der Waals surface area contributed by atoms with E-state index in [2.05, 4.69) is 14.3 Å². The van der Waals surface area contributed by atoms with Crippen LogP contribution in [-0.4, -0.2) is 34.2 Å². The van der Waals surface area contributed by atoms with E-state index < -0.39 is 15.6 Å². The Hall–Kier alpha value is -2.12. The summed E-state index contributed by atoms with van der Waals surface area (Å²) in [6, 6.07) is 3.50. The smallest absolute Gasteiger partial charge is 0.381 e. The van der Waals surface area contributed by atoms with Gasteiger partial charge in [-0.25, -0.2) is 0 Å². The molecule has 1 aliphatic rings. The number of hydrogen-bond donors (Lipinski definition) is 0. The van der Waals surface area contributed by atoms with Crippen LogP contribution in [0.4, 0.5) is 17.1 Å². The summed E-state index contributed by atoms with van der Waals surface area (Å²) in [5, 5.41) is 4.15. The molecule has 164 valence electrons. The van der Waals surface area contributed by atoms with Crippen molar-refractivity contribution in [1.82, 2.24) is 14.2 Å². The lowest BCUT2D eigenvalue weighted by Gasteiger charge is -2.22. The molecule has 0 fully saturated rings. The molecular weight excluding hydrogens is 450 g/mol. The highest BCUT2D eigenvalue weighted by Crippen LogP contribution is 2.31. The van der Waals surface area contributed by atoms with E-state index in [-0.39, 0.29) is 50.1 Å². The first-order valence-corrected chi connectivity index (χ1v) is 10.8. The van der Waals surface area contributed by atoms with Crippen LogP contribution in [0.1, 0.15) is 30.5 Å². The van der Waals surface area contributed by atoms with Gasteiger partial charge in [-0.3, -0.25) is 4.98 Å². The van der Waals surface area contributed by atoms with Crippen molar-refractivity contribution in [1.29, 1.82) is 0 Å². The molecule has 2 heterocycles. The number of ether oxygens (including phenoxy) is 1. The van der Waals surface area contributed by atoms with Crippen LogP contribution in [0, 0.1) is 6.92 Å². The van der Waals surface area contributed by atoms with Crippen LogP contribution in [-0.2, 0) is 25.6 Å². The van der Waals surface area contributed by atoms with E-state index >= 15 is 0 Å². The number of halogens is 4. The highest BCUT2D eigenvalue weighted by Gasteiger charge is 2.48. The van der Waals surface area contributed by atoms with Crippen LogP contribution in [0.3, 0.4) is 0 Å². The molecule has 7 nitrogen and oxygen atoms in total. The van der Waals surface area contributed by atoms with Gasteiger partial charge in [0.1, 0.15) is 5.76 Å². The van der Waals surface area contributed by atoms with Crippen LogP contribution in [0.25, 0.3) is 11.3 Å². The third kappa shape index (κ3) is 5.13. The van der Waals surface area contributed by atoms with Gasteiger partial charge < -0.3 is 8.92 Å². The number of alkyl halides is 3. The quantitative estimate of drug-likeness (QED) is 0.338. The molecule has 13 heteroatoms. The molecule has 0 aromatic carbocycles. The summed E-state index contributed by atoms with van der Waals surface area (Å²) in [4.78, 5) is 4.29. The van der Waals surface area contributed by atoms with Gasteiger partial charge in [-0.15, -0.1) is 3.89 Å². The van der Waals surface area contributed by atoms with Crippen molar-refractivity contribution in [2.45, 2.75) is 44.4 Å². The Kier molecular flexibility index (Phi) is 6.72. The maximum Gasteiger partial charge on any atom is 0.534 e. The Labute approximate surface area is 174 Å². The second-order valence-corrected chi connectivity index (χ2v) is 8.54. The SMILES string of the molecule is Cc1cn(SF)nc1-c1cccnc1COC1CC=C(OS(=O)(=O)C(F)(F)F)CC1. The van der Waals surface area contributed by atoms with Crippen molar-refractivity contribution in [3.05, 3.63) is 47.6 Å². The van der Waals surface area contributed by atoms with E-state index in [1.807, 2.05) is 0 Å². The minimum Gasteiger partial charge on any atom is -0.381 e. The average Bonchev–Trinajstić information content (AvgIpc) is 3.07. The summed E-state index contributed by atoms with van der Waals surface area (Å²) in [5.74, 6) is -0.254. The lowest BCUT2D eigenvalue weighted by molar-refractivity contribution is -0.0527. The Morgan fingerprint density at radius 1 is 1.37 bits per heavy atom. The van der Waals surface area contributed by atoms with Crippen LogP contribution in [0.5, 0.6) is 0 Å². The summed E-state index contributed by atoms with van der Waals surface area (Å²) in [7, 11) is -5.67. The molecule has 1 unspecified atom stereocenters. The molecule has 0 saturated heterocycles. The third-order valence-corrected chi connectivity index (χ3v) is 5.70. The molecule has 0 spiro atoms. The normalized spacial score (nSPS) is 17.6. The van der Waals surface area contributed by atoms with Crippen molar-refractivity contribution < 1.29 is 34.4 Å². The summed E-state index contributed by atoms with van der Waals surface area (Å²) in [6.07, 6.45) is 4.52. The predicted molar refractivity (Wildman–Crippen MR) is 101 cm³/mol. The summed E-state index contributed by atoms with van der Waals surface area (Å²) in [6.45, 7) is 1.88. The molecule has 1 aliphatic carbocycles. The van der Waals surface area contributed by atoms with Crippen LogP contribution in [0.15, 0.2) is 36.4 Å². The standard InChI is InChI=1S/C17H17F4N3O4S2/c1-11-9-24(29-21)23-16(11)14-3-2-8-22-15(14)10-27-12-4-6-13(7-5-12)28-30(25,26)17(18,19)20/h2-3,6,8-9,12H,4-5,7,10H2,1H3. The average molecular weight is 467 g/mol. The topological polar surface area (TPSA) is 83.3 Å². The van der Waals surface area contributed by atoms with Crippen molar-refractivity contribution in [3.8, 4) is 11.3 Å². The Balaban J connectivity index is 1.64. The van der Waals surface area contributed by atoms with Crippen LogP contribution < -0.4 is 0 Å². The maximum atomic E-state index is 12.8. The molecule has 1 atom stereocenters. The first-order chi connectivity index (χ1) is 14.1. The fourth-order valence-corrected chi connectivity index (χ4v) is 3.74. The van der Waals surface area contributed by atoms with Gasteiger partial charge in [-0.1, -0.05) is 0 Å². The van der Waals surface area contributed by atoms with Gasteiger partial charge in [0.15, 0.2) is 12.3 Å². The fourth-order valence-electron chi connectivity index (χ4n) is 2.90. The minimum absolute atomic E-state index is 0.00765. The Bertz CT molecular complexity index is 1040. The van der Waals surface area contributed by atoms with E-state index in [0.717, 1.165) is 9.65 Å². The van der Waals surface area contributed by atoms with Crippen molar-refractivity contribution in [2.75, 3.05) is 0 Å². The molecule has 0 bridgehead atoms. The number of pyridine rings is 1. The van der Waals surface area contributed by atoms with Gasteiger partial charge in [0, 0.05) is 24.4 Å². The largest absolute Gasteiger partial charge is 0.534 e. The molecule has 2 aromatic heterocycles. The number of allylic oxidation sites excluding steroid dienone is 1. The summed E-state index contributed by atoms with van der Waals surface area (Å²) < 4.78 is 83.2. The minimum atomic E-state index is -5.67. The monoisotopic (exact) mass is 467 g/mol.